The maximum Gasteiger partial charge on any atom is 0.138 e. The van der Waals surface area contributed by atoms with Gasteiger partial charge in [-0.15, -0.1) is 0 Å². The van der Waals surface area contributed by atoms with Crippen molar-refractivity contribution in [3.05, 3.63) is 54.1 Å². The summed E-state index contributed by atoms with van der Waals surface area (Å²) in [5.74, 6) is 0.831. The standard InChI is InChI=1S/C18H21N3O/c1-21-10-2-3-17(21)14-22-18-11-16(12-20-13-18)5-4-15-6-8-19-9-7-15/h4-9,11-13,17H,2-3,10,14H2,1H3/b5-4+/t17-/m0/s1. The molecule has 4 nitrogen and oxygen atoms in total. The molecule has 2 aromatic heterocycles. The molecule has 4 heteroatoms. The summed E-state index contributed by atoms with van der Waals surface area (Å²) in [6.45, 7) is 1.90. The number of likely N-dealkylation sites (tertiary alicyclic amines) is 1. The lowest BCUT2D eigenvalue weighted by Gasteiger charge is -2.19. The molecular formula is C18H21N3O. The third-order valence-electron chi connectivity index (χ3n) is 4.02. The van der Waals surface area contributed by atoms with Crippen LogP contribution < -0.4 is 4.74 Å². The summed E-state index contributed by atoms with van der Waals surface area (Å²) >= 11 is 0. The summed E-state index contributed by atoms with van der Waals surface area (Å²) < 4.78 is 5.90. The lowest BCUT2D eigenvalue weighted by Crippen LogP contribution is -2.30. The van der Waals surface area contributed by atoms with Crippen LogP contribution in [0.1, 0.15) is 24.0 Å². The maximum atomic E-state index is 5.90. The number of hydrogen-bond donors (Lipinski definition) is 0. The van der Waals surface area contributed by atoms with Gasteiger partial charge in [-0.05, 0) is 55.8 Å². The van der Waals surface area contributed by atoms with Gasteiger partial charge in [0.2, 0.25) is 0 Å². The predicted octanol–water partition coefficient (Wildman–Crippen LogP) is 3.12. The Morgan fingerprint density at radius 2 is 2.00 bits per heavy atom. The minimum atomic E-state index is 0.524. The Morgan fingerprint density at radius 3 is 2.77 bits per heavy atom. The SMILES string of the molecule is CN1CCC[C@H]1COc1cncc(/C=C/c2ccncc2)c1. The van der Waals surface area contributed by atoms with Crippen LogP contribution in [0.5, 0.6) is 5.75 Å². The Labute approximate surface area is 131 Å². The first-order chi connectivity index (χ1) is 10.8. The number of aromatic nitrogens is 2. The first kappa shape index (κ1) is 14.7. The summed E-state index contributed by atoms with van der Waals surface area (Å²) in [4.78, 5) is 10.6. The van der Waals surface area contributed by atoms with Gasteiger partial charge in [-0.3, -0.25) is 9.97 Å². The number of likely N-dealkylation sites (N-methyl/N-ethyl adjacent to an activating group) is 1. The largest absolute Gasteiger partial charge is 0.490 e. The van der Waals surface area contributed by atoms with Crippen molar-refractivity contribution in [3.8, 4) is 5.75 Å². The molecule has 0 bridgehead atoms. The lowest BCUT2D eigenvalue weighted by molar-refractivity contribution is 0.198. The number of pyridine rings is 2. The van der Waals surface area contributed by atoms with Crippen LogP contribution in [0, 0.1) is 0 Å². The molecule has 1 fully saturated rings. The van der Waals surface area contributed by atoms with Crippen molar-refractivity contribution < 1.29 is 4.74 Å². The van der Waals surface area contributed by atoms with E-state index in [0.717, 1.165) is 23.5 Å². The molecule has 0 spiro atoms. The van der Waals surface area contributed by atoms with Crippen molar-refractivity contribution >= 4 is 12.2 Å². The van der Waals surface area contributed by atoms with E-state index in [1.165, 1.54) is 19.4 Å². The molecule has 1 saturated heterocycles. The highest BCUT2D eigenvalue weighted by atomic mass is 16.5. The van der Waals surface area contributed by atoms with Crippen LogP contribution in [0.15, 0.2) is 43.0 Å². The Bertz CT molecular complexity index is 627. The van der Waals surface area contributed by atoms with E-state index in [1.807, 2.05) is 36.5 Å². The number of ether oxygens (including phenoxy) is 1. The lowest BCUT2D eigenvalue weighted by atomic mass is 10.2. The molecule has 0 saturated carbocycles. The fourth-order valence-electron chi connectivity index (χ4n) is 2.65. The average Bonchev–Trinajstić information content (AvgIpc) is 2.98. The Balaban J connectivity index is 1.61. The molecule has 1 atom stereocenters. The number of hydrogen-bond acceptors (Lipinski definition) is 4. The van der Waals surface area contributed by atoms with E-state index in [-0.39, 0.29) is 0 Å². The Kier molecular flexibility index (Phi) is 4.81. The number of nitrogens with zero attached hydrogens (tertiary/aromatic N) is 3. The second kappa shape index (κ2) is 7.18. The molecule has 2 aromatic rings. The summed E-state index contributed by atoms with van der Waals surface area (Å²) in [7, 11) is 2.16. The zero-order valence-electron chi connectivity index (χ0n) is 12.9. The van der Waals surface area contributed by atoms with Gasteiger partial charge in [0.15, 0.2) is 0 Å². The van der Waals surface area contributed by atoms with Crippen LogP contribution in [0.25, 0.3) is 12.2 Å². The molecule has 22 heavy (non-hydrogen) atoms. The predicted molar refractivity (Wildman–Crippen MR) is 88.5 cm³/mol. The maximum absolute atomic E-state index is 5.90. The summed E-state index contributed by atoms with van der Waals surface area (Å²) in [5, 5.41) is 0. The van der Waals surface area contributed by atoms with Crippen LogP contribution >= 0.6 is 0 Å². The molecule has 0 radical (unpaired) electrons. The molecule has 114 valence electrons. The number of rotatable bonds is 5. The smallest absolute Gasteiger partial charge is 0.138 e. The minimum absolute atomic E-state index is 0.524. The topological polar surface area (TPSA) is 38.2 Å². The van der Waals surface area contributed by atoms with E-state index in [4.69, 9.17) is 4.74 Å². The molecule has 0 aliphatic carbocycles. The van der Waals surface area contributed by atoms with Crippen LogP contribution in [0.3, 0.4) is 0 Å². The van der Waals surface area contributed by atoms with Gasteiger partial charge in [-0.2, -0.15) is 0 Å². The molecule has 0 amide bonds. The van der Waals surface area contributed by atoms with E-state index in [9.17, 15) is 0 Å². The van der Waals surface area contributed by atoms with Crippen molar-refractivity contribution in [3.63, 3.8) is 0 Å². The normalized spacial score (nSPS) is 18.9. The van der Waals surface area contributed by atoms with Gasteiger partial charge in [-0.25, -0.2) is 0 Å². The van der Waals surface area contributed by atoms with E-state index in [1.54, 1.807) is 18.6 Å². The Morgan fingerprint density at radius 1 is 1.18 bits per heavy atom. The fraction of sp³-hybridized carbons (Fsp3) is 0.333. The van der Waals surface area contributed by atoms with Crippen molar-refractivity contribution in [2.45, 2.75) is 18.9 Å². The van der Waals surface area contributed by atoms with E-state index in [2.05, 4.69) is 21.9 Å². The van der Waals surface area contributed by atoms with Crippen LogP contribution in [-0.4, -0.2) is 41.1 Å². The summed E-state index contributed by atoms with van der Waals surface area (Å²) in [5.41, 5.74) is 2.16. The van der Waals surface area contributed by atoms with Gasteiger partial charge in [0.1, 0.15) is 12.4 Å². The minimum Gasteiger partial charge on any atom is -0.490 e. The van der Waals surface area contributed by atoms with E-state index < -0.39 is 0 Å². The van der Waals surface area contributed by atoms with Crippen LogP contribution in [0.2, 0.25) is 0 Å². The first-order valence-electron chi connectivity index (χ1n) is 7.67. The molecule has 0 unspecified atom stereocenters. The van der Waals surface area contributed by atoms with Crippen molar-refractivity contribution in [2.75, 3.05) is 20.2 Å². The second-order valence-electron chi connectivity index (χ2n) is 5.66. The van der Waals surface area contributed by atoms with Crippen molar-refractivity contribution in [2.24, 2.45) is 0 Å². The molecule has 1 aliphatic rings. The summed E-state index contributed by atoms with van der Waals surface area (Å²) in [6.07, 6.45) is 13.8. The third kappa shape index (κ3) is 3.92. The molecule has 1 aliphatic heterocycles. The molecular weight excluding hydrogens is 274 g/mol. The quantitative estimate of drug-likeness (QED) is 0.849. The van der Waals surface area contributed by atoms with Gasteiger partial charge >= 0.3 is 0 Å². The van der Waals surface area contributed by atoms with Gasteiger partial charge in [0.25, 0.3) is 0 Å². The van der Waals surface area contributed by atoms with E-state index >= 15 is 0 Å². The molecule has 3 heterocycles. The average molecular weight is 295 g/mol. The highest BCUT2D eigenvalue weighted by Crippen LogP contribution is 2.18. The summed E-state index contributed by atoms with van der Waals surface area (Å²) in [6, 6.07) is 6.50. The zero-order valence-corrected chi connectivity index (χ0v) is 12.9. The van der Waals surface area contributed by atoms with Gasteiger partial charge in [-0.1, -0.05) is 12.2 Å². The molecule has 0 aromatic carbocycles. The van der Waals surface area contributed by atoms with Gasteiger partial charge in [0.05, 0.1) is 6.20 Å². The van der Waals surface area contributed by atoms with Crippen LogP contribution in [0.4, 0.5) is 0 Å². The molecule has 0 N–H and O–H groups in total. The van der Waals surface area contributed by atoms with Crippen LogP contribution in [-0.2, 0) is 0 Å². The van der Waals surface area contributed by atoms with Crippen molar-refractivity contribution in [1.29, 1.82) is 0 Å². The van der Waals surface area contributed by atoms with Crippen molar-refractivity contribution in [1.82, 2.24) is 14.9 Å². The second-order valence-corrected chi connectivity index (χ2v) is 5.66. The first-order valence-corrected chi connectivity index (χ1v) is 7.67. The van der Waals surface area contributed by atoms with Gasteiger partial charge in [0, 0.05) is 24.6 Å². The zero-order chi connectivity index (χ0) is 15.2. The fourth-order valence-corrected chi connectivity index (χ4v) is 2.65. The Hall–Kier alpha value is -2.20. The van der Waals surface area contributed by atoms with E-state index in [0.29, 0.717) is 6.04 Å². The molecule has 3 rings (SSSR count). The third-order valence-corrected chi connectivity index (χ3v) is 4.02. The highest BCUT2D eigenvalue weighted by Gasteiger charge is 2.21. The monoisotopic (exact) mass is 295 g/mol. The van der Waals surface area contributed by atoms with Gasteiger partial charge < -0.3 is 9.64 Å². The highest BCUT2D eigenvalue weighted by molar-refractivity contribution is 5.69.